The number of piperazine rings is 1. The van der Waals surface area contributed by atoms with Crippen molar-refractivity contribution in [2.24, 2.45) is 5.41 Å². The molecule has 5 amide bonds. The maximum absolute atomic E-state index is 17.0. The lowest BCUT2D eigenvalue weighted by Crippen LogP contribution is -2.58. The molecule has 87 heavy (non-hydrogen) atoms. The minimum Gasteiger partial charge on any atom is -0.508 e. The molecule has 466 valence electrons. The molecule has 4 heterocycles. The molecule has 2 aliphatic rings. The summed E-state index contributed by atoms with van der Waals surface area (Å²) >= 11 is 8.46. The summed E-state index contributed by atoms with van der Waals surface area (Å²) in [6.45, 7) is 12.6. The molecule has 0 bridgehead atoms. The second-order valence-corrected chi connectivity index (χ2v) is 24.0. The quantitative estimate of drug-likeness (QED) is 0.0251. The molecular formula is C63H78ClFN10O11S. The van der Waals surface area contributed by atoms with Crippen LogP contribution in [-0.2, 0) is 42.9 Å². The number of aromatic hydroxyl groups is 1. The van der Waals surface area contributed by atoms with E-state index in [0.717, 1.165) is 21.7 Å². The molecule has 6 aromatic rings. The Morgan fingerprint density at radius 1 is 0.885 bits per heavy atom. The molecule has 2 aliphatic heterocycles. The number of ether oxygens (including phenoxy) is 4. The fourth-order valence-electron chi connectivity index (χ4n) is 10.4. The van der Waals surface area contributed by atoms with Crippen LogP contribution in [0.3, 0.4) is 0 Å². The van der Waals surface area contributed by atoms with Gasteiger partial charge in [0.2, 0.25) is 35.5 Å². The average molecular weight is 1240 g/mol. The van der Waals surface area contributed by atoms with Crippen LogP contribution in [0.4, 0.5) is 16.2 Å². The highest BCUT2D eigenvalue weighted by Crippen LogP contribution is 2.42. The molecule has 24 heteroatoms. The molecule has 0 aliphatic carbocycles. The number of rotatable bonds is 27. The van der Waals surface area contributed by atoms with E-state index in [1.165, 1.54) is 21.9 Å². The molecule has 4 aromatic carbocycles. The highest BCUT2D eigenvalue weighted by molar-refractivity contribution is 7.13. The monoisotopic (exact) mass is 1240 g/mol. The molecule has 0 radical (unpaired) electrons. The smallest absolute Gasteiger partial charge is 0.246 e. The van der Waals surface area contributed by atoms with E-state index in [0.29, 0.717) is 86.6 Å². The summed E-state index contributed by atoms with van der Waals surface area (Å²) in [5.74, 6) is -1.82. The lowest BCUT2D eigenvalue weighted by molar-refractivity contribution is -0.144. The Kier molecular flexibility index (Phi) is 23.0. The second kappa shape index (κ2) is 30.5. The van der Waals surface area contributed by atoms with E-state index in [-0.39, 0.29) is 98.0 Å². The Morgan fingerprint density at radius 3 is 2.23 bits per heavy atom. The Labute approximate surface area is 515 Å². The van der Waals surface area contributed by atoms with E-state index < -0.39 is 47.1 Å². The zero-order valence-corrected chi connectivity index (χ0v) is 51.8. The number of anilines is 2. The van der Waals surface area contributed by atoms with Crippen LogP contribution < -0.4 is 20.9 Å². The van der Waals surface area contributed by atoms with Gasteiger partial charge in [-0.25, -0.2) is 14.4 Å². The van der Waals surface area contributed by atoms with E-state index in [2.05, 4.69) is 25.9 Å². The summed E-state index contributed by atoms with van der Waals surface area (Å²) in [5, 5.41) is 32.0. The third-order valence-electron chi connectivity index (χ3n) is 15.1. The van der Waals surface area contributed by atoms with Crippen LogP contribution in [0.25, 0.3) is 43.2 Å². The molecule has 2 fully saturated rings. The van der Waals surface area contributed by atoms with E-state index in [9.17, 15) is 34.2 Å². The van der Waals surface area contributed by atoms with Crippen molar-refractivity contribution in [1.29, 1.82) is 0 Å². The summed E-state index contributed by atoms with van der Waals surface area (Å²) < 4.78 is 39.4. The summed E-state index contributed by atoms with van der Waals surface area (Å²) in [6, 6.07) is 17.6. The van der Waals surface area contributed by atoms with E-state index in [4.69, 9.17) is 35.5 Å². The molecule has 2 saturated heterocycles. The van der Waals surface area contributed by atoms with Crippen molar-refractivity contribution in [2.45, 2.75) is 78.1 Å². The van der Waals surface area contributed by atoms with Crippen LogP contribution in [0, 0.1) is 18.2 Å². The van der Waals surface area contributed by atoms with Gasteiger partial charge < -0.3 is 64.7 Å². The number of nitrogens with one attached hydrogen (secondary N) is 3. The highest BCUT2D eigenvalue weighted by Gasteiger charge is 2.45. The number of thiazole rings is 1. The number of aliphatic hydroxyl groups is 1. The minimum absolute atomic E-state index is 0.00878. The van der Waals surface area contributed by atoms with Gasteiger partial charge in [0, 0.05) is 77.2 Å². The van der Waals surface area contributed by atoms with Gasteiger partial charge >= 0.3 is 0 Å². The van der Waals surface area contributed by atoms with Crippen LogP contribution in [0.1, 0.15) is 64.3 Å². The summed E-state index contributed by atoms with van der Waals surface area (Å²) in [4.78, 5) is 87.7. The fourth-order valence-corrected chi connectivity index (χ4v) is 11.5. The number of phenols is 1. The van der Waals surface area contributed by atoms with Gasteiger partial charge in [-0.1, -0.05) is 87.0 Å². The molecule has 5 N–H and O–H groups in total. The van der Waals surface area contributed by atoms with Gasteiger partial charge in [0.25, 0.3) is 0 Å². The van der Waals surface area contributed by atoms with Crippen molar-refractivity contribution < 1.29 is 57.5 Å². The first-order valence-electron chi connectivity index (χ1n) is 29.1. The van der Waals surface area contributed by atoms with Crippen molar-refractivity contribution in [3.63, 3.8) is 0 Å². The number of amides is 5. The molecule has 0 unspecified atom stereocenters. The Bertz CT molecular complexity index is 3410. The molecule has 8 rings (SSSR count). The van der Waals surface area contributed by atoms with Crippen molar-refractivity contribution in [3.05, 3.63) is 106 Å². The number of β-amino-alcohol motifs (C(OH)–C–C–N with tert-alkyl or cyclic N) is 1. The molecule has 21 nitrogen and oxygen atoms in total. The van der Waals surface area contributed by atoms with Gasteiger partial charge in [-0.15, -0.1) is 11.3 Å². The largest absolute Gasteiger partial charge is 0.508 e. The number of benzene rings is 4. The third-order valence-corrected chi connectivity index (χ3v) is 16.4. The zero-order chi connectivity index (χ0) is 62.4. The van der Waals surface area contributed by atoms with Gasteiger partial charge in [-0.05, 0) is 77.4 Å². The zero-order valence-electron chi connectivity index (χ0n) is 50.3. The Hall–Kier alpha value is -7.38. The number of carbonyl (C=O) groups is 5. The topological polar surface area (TPSA) is 250 Å². The van der Waals surface area contributed by atoms with Gasteiger partial charge in [0.1, 0.15) is 35.8 Å². The standard InChI is InChI=1S/C63H78ClFN10O11S/c1-39(41-15-17-42(18-16-41)57-40(2)67-38-87-57)68-60(81)50-34-45(77)36-75(50)61(82)58(63(3,4)5)69-51(78)37-86-31-30-85-29-28-84-27-26-83-25-11-10-14-53(80)73-21-23-74(24-22-73)59-48-35-49(64)54(47-33-44(76)32-43-12-8-9-13-46(43)47)55(65)56(48)70-62(71-59)66-20-19-52(79)72(6)7/h8-10,12-18,32-33,35,38-39,45,50,58,76-77H,11,19-31,34,36-37H2,1-7H3,(H,68,81)(H,69,78)(H,66,70,71)/b14-10+/t39-,45+,50-,58+/m0/s1. The van der Waals surface area contributed by atoms with E-state index in [1.54, 1.807) is 54.1 Å². The van der Waals surface area contributed by atoms with E-state index >= 15 is 4.39 Å². The van der Waals surface area contributed by atoms with Crippen LogP contribution >= 0.6 is 22.9 Å². The lowest BCUT2D eigenvalue weighted by Gasteiger charge is -2.35. The second-order valence-electron chi connectivity index (χ2n) is 22.8. The molecule has 0 saturated carbocycles. The number of nitrogens with zero attached hydrogens (tertiary/aromatic N) is 7. The Balaban J connectivity index is 0.705. The van der Waals surface area contributed by atoms with Gasteiger partial charge in [-0.2, -0.15) is 4.98 Å². The highest BCUT2D eigenvalue weighted by atomic mass is 35.5. The van der Waals surface area contributed by atoms with Crippen molar-refractivity contribution in [2.75, 3.05) is 116 Å². The van der Waals surface area contributed by atoms with Crippen LogP contribution in [-0.4, -0.2) is 194 Å². The number of phenolic OH excluding ortho intramolecular Hbond substituents is 1. The number of hydrogen-bond donors (Lipinski definition) is 5. The number of halogens is 2. The number of fused-ring (bicyclic) bond motifs is 2. The van der Waals surface area contributed by atoms with Crippen molar-refractivity contribution >= 4 is 85.9 Å². The van der Waals surface area contributed by atoms with Crippen molar-refractivity contribution in [1.82, 2.24) is 40.3 Å². The number of hydrogen-bond acceptors (Lipinski definition) is 17. The van der Waals surface area contributed by atoms with Gasteiger partial charge in [0.15, 0.2) is 5.82 Å². The minimum atomic E-state index is -0.999. The SMILES string of the molecule is Cc1ncsc1-c1ccc([C@H](C)NC(=O)[C@@H]2C[C@@H](O)CN2C(=O)[C@@H](NC(=O)COCCOCCOCCOCC/C=C/C(=O)N2CCN(c3nc(NCCC(=O)N(C)C)nc4c(F)c(-c5cc(O)cc6ccccc56)c(Cl)cc34)CC2)C(C)(C)C)cc1. The fraction of sp³-hybridized carbons (Fsp3) is 0.460. The predicted molar refractivity (Wildman–Crippen MR) is 333 cm³/mol. The van der Waals surface area contributed by atoms with E-state index in [1.807, 2.05) is 88.0 Å². The van der Waals surface area contributed by atoms with Crippen LogP contribution in [0.15, 0.2) is 84.4 Å². The summed E-state index contributed by atoms with van der Waals surface area (Å²) in [6.07, 6.45) is 3.12. The summed E-state index contributed by atoms with van der Waals surface area (Å²) in [7, 11) is 3.33. The normalized spacial score (nSPS) is 16.2. The number of aromatic nitrogens is 3. The molecule has 2 aromatic heterocycles. The predicted octanol–water partition coefficient (Wildman–Crippen LogP) is 7.30. The maximum Gasteiger partial charge on any atom is 0.246 e. The molecule has 0 spiro atoms. The first kappa shape index (κ1) is 65.6. The number of aliphatic hydroxyl groups excluding tert-OH is 1. The number of carbonyl (C=O) groups excluding carboxylic acids is 5. The summed E-state index contributed by atoms with van der Waals surface area (Å²) in [5.41, 5.74) is 4.44. The van der Waals surface area contributed by atoms with Crippen molar-refractivity contribution in [3.8, 4) is 27.3 Å². The average Bonchev–Trinajstić information content (AvgIpc) is 1.51. The molecular weight excluding hydrogens is 1160 g/mol. The Morgan fingerprint density at radius 2 is 1.56 bits per heavy atom. The van der Waals surface area contributed by atoms with Crippen LogP contribution in [0.5, 0.6) is 5.75 Å². The lowest BCUT2D eigenvalue weighted by atomic mass is 9.85. The van der Waals surface area contributed by atoms with Gasteiger partial charge in [0.05, 0.1) is 79.5 Å². The number of aryl methyl sites for hydroxylation is 1. The third kappa shape index (κ3) is 17.2. The maximum atomic E-state index is 17.0. The molecule has 4 atom stereocenters. The first-order chi connectivity index (χ1) is 41.7. The first-order valence-corrected chi connectivity index (χ1v) is 30.4. The van der Waals surface area contributed by atoms with Crippen LogP contribution in [0.2, 0.25) is 5.02 Å². The van der Waals surface area contributed by atoms with Gasteiger partial charge in [-0.3, -0.25) is 24.0 Å². The number of likely N-dealkylation sites (tertiary alicyclic amines) is 1.